The summed E-state index contributed by atoms with van der Waals surface area (Å²) in [6, 6.07) is 7.81. The van der Waals surface area contributed by atoms with Crippen LogP contribution in [0.25, 0.3) is 0 Å². The summed E-state index contributed by atoms with van der Waals surface area (Å²) in [7, 11) is 0. The number of rotatable bonds is 1. The van der Waals surface area contributed by atoms with Gasteiger partial charge in [-0.3, -0.25) is 4.79 Å². The van der Waals surface area contributed by atoms with E-state index in [4.69, 9.17) is 5.11 Å². The zero-order chi connectivity index (χ0) is 9.26. The molecule has 0 fully saturated rings. The molecule has 0 saturated carbocycles. The molecule has 2 rings (SSSR count). The molecule has 0 spiro atoms. The normalized spacial score (nSPS) is 20.8. The maximum absolute atomic E-state index is 10.9. The molecular weight excluding hydrogens is 184 g/mol. The van der Waals surface area contributed by atoms with Gasteiger partial charge < -0.3 is 5.11 Å². The molecule has 1 aromatic rings. The highest BCUT2D eigenvalue weighted by Crippen LogP contribution is 2.36. The lowest BCUT2D eigenvalue weighted by Crippen LogP contribution is -2.15. The molecule has 1 aliphatic heterocycles. The van der Waals surface area contributed by atoms with Crippen molar-refractivity contribution in [3.05, 3.63) is 35.4 Å². The Morgan fingerprint density at radius 2 is 2.23 bits per heavy atom. The molecular formula is C10H10O2S. The summed E-state index contributed by atoms with van der Waals surface area (Å²) in [4.78, 5) is 10.9. The van der Waals surface area contributed by atoms with Gasteiger partial charge in [0.25, 0.3) is 0 Å². The Hall–Kier alpha value is -0.960. The number of hydrogen-bond donors (Lipinski definition) is 1. The molecule has 1 heterocycles. The second-order valence-corrected chi connectivity index (χ2v) is 4.25. The fraction of sp³-hybridized carbons (Fsp3) is 0.300. The highest BCUT2D eigenvalue weighted by molar-refractivity contribution is 8.00. The fourth-order valence-corrected chi connectivity index (χ4v) is 2.72. The van der Waals surface area contributed by atoms with E-state index in [1.165, 1.54) is 17.3 Å². The SMILES string of the molecule is O=C(O)C1SCCc2ccccc21. The number of aryl methyl sites for hydroxylation is 1. The summed E-state index contributed by atoms with van der Waals surface area (Å²) < 4.78 is 0. The number of carboxylic acids is 1. The first kappa shape index (κ1) is 8.63. The number of aliphatic carboxylic acids is 1. The van der Waals surface area contributed by atoms with Crippen molar-refractivity contribution in [2.45, 2.75) is 11.7 Å². The smallest absolute Gasteiger partial charge is 0.321 e. The van der Waals surface area contributed by atoms with Gasteiger partial charge in [-0.2, -0.15) is 0 Å². The Bertz CT molecular complexity index is 335. The van der Waals surface area contributed by atoms with E-state index in [9.17, 15) is 4.79 Å². The van der Waals surface area contributed by atoms with Crippen molar-refractivity contribution < 1.29 is 9.90 Å². The third-order valence-corrected chi connectivity index (χ3v) is 3.45. The minimum atomic E-state index is -0.725. The van der Waals surface area contributed by atoms with Gasteiger partial charge >= 0.3 is 5.97 Å². The van der Waals surface area contributed by atoms with E-state index in [1.54, 1.807) is 0 Å². The van der Waals surface area contributed by atoms with Crippen molar-refractivity contribution in [2.75, 3.05) is 5.75 Å². The molecule has 0 radical (unpaired) electrons. The van der Waals surface area contributed by atoms with E-state index in [-0.39, 0.29) is 5.25 Å². The number of benzene rings is 1. The maximum Gasteiger partial charge on any atom is 0.321 e. The monoisotopic (exact) mass is 194 g/mol. The van der Waals surface area contributed by atoms with Crippen LogP contribution in [0.5, 0.6) is 0 Å². The van der Waals surface area contributed by atoms with E-state index in [0.29, 0.717) is 0 Å². The van der Waals surface area contributed by atoms with Crippen LogP contribution in [0.3, 0.4) is 0 Å². The van der Waals surface area contributed by atoms with Gasteiger partial charge in [0.2, 0.25) is 0 Å². The molecule has 0 aliphatic carbocycles. The molecule has 13 heavy (non-hydrogen) atoms. The van der Waals surface area contributed by atoms with E-state index in [1.807, 2.05) is 24.3 Å². The Morgan fingerprint density at radius 3 is 3.00 bits per heavy atom. The third-order valence-electron chi connectivity index (χ3n) is 2.22. The molecule has 1 aromatic carbocycles. The summed E-state index contributed by atoms with van der Waals surface area (Å²) in [6.45, 7) is 0. The van der Waals surface area contributed by atoms with Gasteiger partial charge in [-0.1, -0.05) is 24.3 Å². The first-order chi connectivity index (χ1) is 6.29. The van der Waals surface area contributed by atoms with Crippen molar-refractivity contribution in [3.8, 4) is 0 Å². The van der Waals surface area contributed by atoms with Gasteiger partial charge in [-0.25, -0.2) is 0 Å². The van der Waals surface area contributed by atoms with Crippen molar-refractivity contribution >= 4 is 17.7 Å². The minimum absolute atomic E-state index is 0.357. The zero-order valence-electron chi connectivity index (χ0n) is 7.06. The van der Waals surface area contributed by atoms with Gasteiger partial charge in [0.1, 0.15) is 5.25 Å². The van der Waals surface area contributed by atoms with Crippen LogP contribution in [0.1, 0.15) is 16.4 Å². The van der Waals surface area contributed by atoms with Crippen LogP contribution in [0.4, 0.5) is 0 Å². The molecule has 0 aromatic heterocycles. The topological polar surface area (TPSA) is 37.3 Å². The highest BCUT2D eigenvalue weighted by Gasteiger charge is 2.25. The van der Waals surface area contributed by atoms with E-state index < -0.39 is 5.97 Å². The number of carboxylic acid groups (broad SMARTS) is 1. The summed E-state index contributed by atoms with van der Waals surface area (Å²) in [5, 5.41) is 8.61. The first-order valence-electron chi connectivity index (χ1n) is 4.21. The van der Waals surface area contributed by atoms with E-state index in [2.05, 4.69) is 0 Å². The lowest BCUT2D eigenvalue weighted by molar-refractivity contribution is -0.136. The van der Waals surface area contributed by atoms with Gasteiger partial charge in [0, 0.05) is 0 Å². The third kappa shape index (κ3) is 1.56. The summed E-state index contributed by atoms with van der Waals surface area (Å²) >= 11 is 1.51. The van der Waals surface area contributed by atoms with Gasteiger partial charge in [0.15, 0.2) is 0 Å². The van der Waals surface area contributed by atoms with Gasteiger partial charge in [-0.05, 0) is 23.3 Å². The van der Waals surface area contributed by atoms with Crippen molar-refractivity contribution in [3.63, 3.8) is 0 Å². The standard InChI is InChI=1S/C10H10O2S/c11-10(12)9-8-4-2-1-3-7(8)5-6-13-9/h1-4,9H,5-6H2,(H,11,12). The highest BCUT2D eigenvalue weighted by atomic mass is 32.2. The largest absolute Gasteiger partial charge is 0.480 e. The maximum atomic E-state index is 10.9. The average molecular weight is 194 g/mol. The number of fused-ring (bicyclic) bond motifs is 1. The molecule has 1 N–H and O–H groups in total. The molecule has 1 atom stereocenters. The van der Waals surface area contributed by atoms with Crippen molar-refractivity contribution in [1.29, 1.82) is 0 Å². The minimum Gasteiger partial charge on any atom is -0.480 e. The quantitative estimate of drug-likeness (QED) is 0.744. The van der Waals surface area contributed by atoms with Crippen molar-refractivity contribution in [1.82, 2.24) is 0 Å². The molecule has 3 heteroatoms. The lowest BCUT2D eigenvalue weighted by Gasteiger charge is -2.21. The Labute approximate surface area is 81.0 Å². The second-order valence-electron chi connectivity index (χ2n) is 3.04. The van der Waals surface area contributed by atoms with Crippen LogP contribution in [-0.2, 0) is 11.2 Å². The average Bonchev–Trinajstić information content (AvgIpc) is 2.17. The van der Waals surface area contributed by atoms with Crippen molar-refractivity contribution in [2.24, 2.45) is 0 Å². The molecule has 1 unspecified atom stereocenters. The zero-order valence-corrected chi connectivity index (χ0v) is 7.88. The van der Waals surface area contributed by atoms with Crippen LogP contribution >= 0.6 is 11.8 Å². The molecule has 0 saturated heterocycles. The van der Waals surface area contributed by atoms with Crippen LogP contribution < -0.4 is 0 Å². The Balaban J connectivity index is 2.42. The molecule has 1 aliphatic rings. The first-order valence-corrected chi connectivity index (χ1v) is 5.26. The summed E-state index contributed by atoms with van der Waals surface area (Å²) in [5.41, 5.74) is 2.17. The molecule has 68 valence electrons. The summed E-state index contributed by atoms with van der Waals surface area (Å²) in [5.74, 6) is 0.186. The van der Waals surface area contributed by atoms with Crippen LogP contribution in [0.2, 0.25) is 0 Å². The summed E-state index contributed by atoms with van der Waals surface area (Å²) in [6.07, 6.45) is 0.991. The van der Waals surface area contributed by atoms with Crippen LogP contribution in [0, 0.1) is 0 Å². The number of thioether (sulfide) groups is 1. The molecule has 2 nitrogen and oxygen atoms in total. The number of carbonyl (C=O) groups is 1. The van der Waals surface area contributed by atoms with E-state index >= 15 is 0 Å². The van der Waals surface area contributed by atoms with Crippen LogP contribution in [0.15, 0.2) is 24.3 Å². The Kier molecular flexibility index (Phi) is 2.27. The van der Waals surface area contributed by atoms with Crippen LogP contribution in [-0.4, -0.2) is 16.8 Å². The fourth-order valence-electron chi connectivity index (χ4n) is 1.60. The van der Waals surface area contributed by atoms with Gasteiger partial charge in [-0.15, -0.1) is 11.8 Å². The molecule has 0 bridgehead atoms. The van der Waals surface area contributed by atoms with Gasteiger partial charge in [0.05, 0.1) is 0 Å². The Morgan fingerprint density at radius 1 is 1.46 bits per heavy atom. The van der Waals surface area contributed by atoms with E-state index in [0.717, 1.165) is 17.7 Å². The molecule has 0 amide bonds. The second kappa shape index (κ2) is 3.42. The predicted octanol–water partition coefficient (Wildman–Crippen LogP) is 2.10. The predicted molar refractivity (Wildman–Crippen MR) is 53.0 cm³/mol. The lowest BCUT2D eigenvalue weighted by atomic mass is 10.0. The number of hydrogen-bond acceptors (Lipinski definition) is 2.